The Kier molecular flexibility index (Phi) is 26.4. The normalized spacial score (nSPS) is 11.3. The molecule has 0 aliphatic rings. The van der Waals surface area contributed by atoms with Gasteiger partial charge in [0.05, 0.1) is 18.4 Å². The van der Waals surface area contributed by atoms with Gasteiger partial charge in [-0.1, -0.05) is 111 Å². The van der Waals surface area contributed by atoms with Crippen LogP contribution in [0, 0.1) is 11.8 Å². The summed E-state index contributed by atoms with van der Waals surface area (Å²) in [6.07, 6.45) is 15.2. The van der Waals surface area contributed by atoms with E-state index in [9.17, 15) is 14.4 Å². The molecule has 0 aromatic heterocycles. The highest BCUT2D eigenvalue weighted by Gasteiger charge is 2.18. The molecule has 0 radical (unpaired) electrons. The zero-order valence-corrected chi connectivity index (χ0v) is 27.8. The number of hydrogen-bond donors (Lipinski definition) is 2. The van der Waals surface area contributed by atoms with Gasteiger partial charge in [0.2, 0.25) is 0 Å². The van der Waals surface area contributed by atoms with Crippen molar-refractivity contribution in [3.8, 4) is 11.5 Å². The maximum Gasteiger partial charge on any atom is 0.334 e. The van der Waals surface area contributed by atoms with Crippen LogP contribution in [0.25, 0.3) is 0 Å². The Labute approximate surface area is 260 Å². The molecule has 1 rings (SSSR count). The van der Waals surface area contributed by atoms with Gasteiger partial charge in [0, 0.05) is 0 Å². The molecule has 0 saturated heterocycles. The Hall–Kier alpha value is -2.16. The third kappa shape index (κ3) is 21.5. The summed E-state index contributed by atoms with van der Waals surface area (Å²) in [7, 11) is 0. The number of aliphatic hydroxyl groups excluding tert-OH is 1. The van der Waals surface area contributed by atoms with E-state index in [1.165, 1.54) is 71.1 Å². The molecule has 1 unspecified atom stereocenters. The lowest BCUT2D eigenvalue weighted by atomic mass is 10.1. The number of nitrogens with two attached hydrogens (primary N) is 1. The highest BCUT2D eigenvalue weighted by Crippen LogP contribution is 2.30. The summed E-state index contributed by atoms with van der Waals surface area (Å²) in [6, 6.07) is 5.13. The first-order valence-electron chi connectivity index (χ1n) is 15.6. The van der Waals surface area contributed by atoms with E-state index in [-0.39, 0.29) is 47.7 Å². The molecule has 0 amide bonds. The maximum absolute atomic E-state index is 11.8. The minimum Gasteiger partial charge on any atom is -0.464 e. The van der Waals surface area contributed by atoms with Crippen molar-refractivity contribution >= 4 is 30.3 Å². The quantitative estimate of drug-likeness (QED) is 0.0886. The number of ether oxygens (including phenoxy) is 3. The second-order valence-corrected chi connectivity index (χ2v) is 11.2. The second kappa shape index (κ2) is 26.5. The summed E-state index contributed by atoms with van der Waals surface area (Å²) in [5.74, 6) is -1.27. The van der Waals surface area contributed by atoms with E-state index in [0.29, 0.717) is 19.6 Å². The summed E-state index contributed by atoms with van der Waals surface area (Å²) in [5.41, 5.74) is 6.45. The second-order valence-electron chi connectivity index (χ2n) is 11.2. The third-order valence-electron chi connectivity index (χ3n) is 6.39. The molecule has 0 aliphatic carbocycles. The van der Waals surface area contributed by atoms with Crippen molar-refractivity contribution in [1.82, 2.24) is 0 Å². The molecular formula is C33H58ClNO7. The predicted octanol–water partition coefficient (Wildman–Crippen LogP) is 7.34. The van der Waals surface area contributed by atoms with Crippen LogP contribution in [0.4, 0.5) is 0 Å². The molecule has 9 heteroatoms. The van der Waals surface area contributed by atoms with Crippen LogP contribution in [0.2, 0.25) is 0 Å². The molecule has 0 heterocycles. The lowest BCUT2D eigenvalue weighted by Gasteiger charge is -2.14. The van der Waals surface area contributed by atoms with Crippen molar-refractivity contribution in [3.05, 3.63) is 23.8 Å². The number of carbonyl (C=O) groups is 3. The average molecular weight is 616 g/mol. The van der Waals surface area contributed by atoms with Gasteiger partial charge in [-0.2, -0.15) is 0 Å². The largest absolute Gasteiger partial charge is 0.464 e. The first kappa shape index (κ1) is 42.0. The first-order valence-corrected chi connectivity index (χ1v) is 15.6. The molecule has 1 aromatic rings. The standard InChI is InChI=1S/C17H34O3.C16H23NO4.ClH/c1-3-4-5-6-7-8-9-10-11-12-13-14-15-20-17(19)16(2)18;1-10(2)15(18)20-13-6-5-12(7-8-17)9-14(13)21-16(19)11(3)4;/h16,18H,3-15H2,1-2H3;5-6,9-11H,7-8,17H2,1-4H3;1H. The molecule has 0 bridgehead atoms. The van der Waals surface area contributed by atoms with E-state index in [1.54, 1.807) is 39.8 Å². The van der Waals surface area contributed by atoms with Gasteiger partial charge >= 0.3 is 17.9 Å². The van der Waals surface area contributed by atoms with Gasteiger partial charge in [0.1, 0.15) is 6.10 Å². The van der Waals surface area contributed by atoms with Crippen molar-refractivity contribution < 1.29 is 33.7 Å². The third-order valence-corrected chi connectivity index (χ3v) is 6.39. The Morgan fingerprint density at radius 1 is 0.714 bits per heavy atom. The van der Waals surface area contributed by atoms with Crippen molar-refractivity contribution in [2.24, 2.45) is 17.6 Å². The van der Waals surface area contributed by atoms with Crippen LogP contribution in [0.3, 0.4) is 0 Å². The van der Waals surface area contributed by atoms with E-state index >= 15 is 0 Å². The first-order chi connectivity index (χ1) is 19.5. The fraction of sp³-hybridized carbons (Fsp3) is 0.727. The predicted molar refractivity (Wildman–Crippen MR) is 171 cm³/mol. The van der Waals surface area contributed by atoms with Crippen LogP contribution in [0.5, 0.6) is 11.5 Å². The molecule has 3 N–H and O–H groups in total. The average Bonchev–Trinajstić information content (AvgIpc) is 2.92. The summed E-state index contributed by atoms with van der Waals surface area (Å²) < 4.78 is 15.5. The monoisotopic (exact) mass is 615 g/mol. The minimum absolute atomic E-state index is 0. The fourth-order valence-electron chi connectivity index (χ4n) is 3.73. The number of hydrogen-bond acceptors (Lipinski definition) is 8. The molecular weight excluding hydrogens is 558 g/mol. The van der Waals surface area contributed by atoms with Gasteiger partial charge in [-0.25, -0.2) is 4.79 Å². The number of benzene rings is 1. The lowest BCUT2D eigenvalue weighted by molar-refractivity contribution is -0.152. The topological polar surface area (TPSA) is 125 Å². The van der Waals surface area contributed by atoms with Crippen molar-refractivity contribution in [3.63, 3.8) is 0 Å². The minimum atomic E-state index is -0.993. The molecule has 0 fully saturated rings. The molecule has 8 nitrogen and oxygen atoms in total. The molecule has 1 aromatic carbocycles. The van der Waals surface area contributed by atoms with E-state index in [0.717, 1.165) is 18.4 Å². The molecule has 42 heavy (non-hydrogen) atoms. The summed E-state index contributed by atoms with van der Waals surface area (Å²) in [5, 5.41) is 8.94. The van der Waals surface area contributed by atoms with Crippen LogP contribution in [0.15, 0.2) is 18.2 Å². The van der Waals surface area contributed by atoms with Crippen molar-refractivity contribution in [1.29, 1.82) is 0 Å². The van der Waals surface area contributed by atoms with Gasteiger partial charge in [0.15, 0.2) is 11.5 Å². The zero-order chi connectivity index (χ0) is 31.0. The van der Waals surface area contributed by atoms with Crippen molar-refractivity contribution in [2.45, 2.75) is 131 Å². The van der Waals surface area contributed by atoms with E-state index < -0.39 is 12.1 Å². The molecule has 0 aliphatic heterocycles. The lowest BCUT2D eigenvalue weighted by Crippen LogP contribution is -2.19. The van der Waals surface area contributed by atoms with Gasteiger partial charge in [0.25, 0.3) is 0 Å². The zero-order valence-electron chi connectivity index (χ0n) is 27.0. The van der Waals surface area contributed by atoms with Gasteiger partial charge < -0.3 is 25.1 Å². The van der Waals surface area contributed by atoms with Crippen molar-refractivity contribution in [2.75, 3.05) is 13.2 Å². The SMILES string of the molecule is CC(C)C(=O)Oc1ccc(CCN)cc1OC(=O)C(C)C.CCCCCCCCCCCCCCOC(=O)C(C)O.Cl. The summed E-state index contributed by atoms with van der Waals surface area (Å²) in [6.45, 7) is 11.6. The smallest absolute Gasteiger partial charge is 0.334 e. The van der Waals surface area contributed by atoms with Crippen LogP contribution in [0.1, 0.15) is 124 Å². The highest BCUT2D eigenvalue weighted by molar-refractivity contribution is 5.85. The maximum atomic E-state index is 11.8. The Morgan fingerprint density at radius 3 is 1.60 bits per heavy atom. The van der Waals surface area contributed by atoms with Crippen LogP contribution < -0.4 is 15.2 Å². The van der Waals surface area contributed by atoms with Gasteiger partial charge in [-0.05, 0) is 44.0 Å². The van der Waals surface area contributed by atoms with E-state index in [1.807, 2.05) is 6.07 Å². The van der Waals surface area contributed by atoms with Gasteiger partial charge in [-0.3, -0.25) is 9.59 Å². The molecule has 1 atom stereocenters. The number of unbranched alkanes of at least 4 members (excludes halogenated alkanes) is 11. The Balaban J connectivity index is 0. The van der Waals surface area contributed by atoms with E-state index in [4.69, 9.17) is 25.1 Å². The number of halogens is 1. The molecule has 0 saturated carbocycles. The van der Waals surface area contributed by atoms with Crippen LogP contribution in [-0.4, -0.2) is 42.3 Å². The van der Waals surface area contributed by atoms with Crippen LogP contribution >= 0.6 is 12.4 Å². The van der Waals surface area contributed by atoms with E-state index in [2.05, 4.69) is 6.92 Å². The molecule has 244 valence electrons. The number of rotatable bonds is 20. The Morgan fingerprint density at radius 2 is 1.17 bits per heavy atom. The van der Waals surface area contributed by atoms with Gasteiger partial charge in [-0.15, -0.1) is 12.4 Å². The fourth-order valence-corrected chi connectivity index (χ4v) is 3.73. The molecule has 0 spiro atoms. The van der Waals surface area contributed by atoms with Crippen LogP contribution in [-0.2, 0) is 25.5 Å². The highest BCUT2D eigenvalue weighted by atomic mass is 35.5. The summed E-state index contributed by atoms with van der Waals surface area (Å²) in [4.78, 5) is 34.4. The number of esters is 3. The summed E-state index contributed by atoms with van der Waals surface area (Å²) >= 11 is 0. The number of carbonyl (C=O) groups excluding carboxylic acids is 3. The Bertz CT molecular complexity index is 859. The number of aliphatic hydroxyl groups is 1.